The molecule has 1 unspecified atom stereocenters. The maximum Gasteiger partial charge on any atom is 0.226 e. The Morgan fingerprint density at radius 3 is 3.12 bits per heavy atom. The molecule has 1 amide bonds. The number of morpholine rings is 1. The number of hydrogen-bond acceptors (Lipinski definition) is 3. The molecule has 0 spiro atoms. The van der Waals surface area contributed by atoms with E-state index in [4.69, 9.17) is 9.47 Å². The molecule has 1 rings (SSSR count). The molecule has 1 saturated heterocycles. The Morgan fingerprint density at radius 1 is 1.62 bits per heavy atom. The van der Waals surface area contributed by atoms with Crippen LogP contribution < -0.4 is 0 Å². The van der Waals surface area contributed by atoms with Crippen molar-refractivity contribution in [2.24, 2.45) is 0 Å². The number of carbonyl (C=O) groups is 1. The SMILES string of the molecule is C/C=C/CC(=O)N1CCOC(CCOC)C1. The lowest BCUT2D eigenvalue weighted by Crippen LogP contribution is -2.45. The normalized spacial score (nSPS) is 21.6. The van der Waals surface area contributed by atoms with Crippen LogP contribution in [0.3, 0.4) is 0 Å². The summed E-state index contributed by atoms with van der Waals surface area (Å²) < 4.78 is 10.6. The lowest BCUT2D eigenvalue weighted by atomic mass is 10.2. The quantitative estimate of drug-likeness (QED) is 0.663. The topological polar surface area (TPSA) is 38.8 Å². The van der Waals surface area contributed by atoms with Gasteiger partial charge in [0.15, 0.2) is 0 Å². The molecule has 0 radical (unpaired) electrons. The van der Waals surface area contributed by atoms with Crippen LogP contribution in [0.15, 0.2) is 12.2 Å². The fourth-order valence-electron chi connectivity index (χ4n) is 1.72. The maximum absolute atomic E-state index is 11.8. The standard InChI is InChI=1S/C12H21NO3/c1-3-4-5-12(14)13-7-9-16-11(10-13)6-8-15-2/h3-4,11H,5-10H2,1-2H3/b4-3+. The van der Waals surface area contributed by atoms with Crippen LogP contribution in [0.4, 0.5) is 0 Å². The van der Waals surface area contributed by atoms with Gasteiger partial charge in [-0.2, -0.15) is 0 Å². The Morgan fingerprint density at radius 2 is 2.44 bits per heavy atom. The van der Waals surface area contributed by atoms with E-state index in [1.807, 2.05) is 24.0 Å². The van der Waals surface area contributed by atoms with Crippen molar-refractivity contribution in [3.63, 3.8) is 0 Å². The maximum atomic E-state index is 11.8. The summed E-state index contributed by atoms with van der Waals surface area (Å²) in [7, 11) is 1.68. The van der Waals surface area contributed by atoms with E-state index in [0.717, 1.165) is 6.42 Å². The summed E-state index contributed by atoms with van der Waals surface area (Å²) in [6.45, 7) is 4.64. The van der Waals surface area contributed by atoms with Gasteiger partial charge in [-0.15, -0.1) is 0 Å². The van der Waals surface area contributed by atoms with Crippen LogP contribution in [0.1, 0.15) is 19.8 Å². The minimum absolute atomic E-state index is 0.128. The second-order valence-corrected chi connectivity index (χ2v) is 3.89. The van der Waals surface area contributed by atoms with Crippen molar-refractivity contribution in [1.82, 2.24) is 4.90 Å². The highest BCUT2D eigenvalue weighted by atomic mass is 16.5. The number of methoxy groups -OCH3 is 1. The van der Waals surface area contributed by atoms with E-state index < -0.39 is 0 Å². The zero-order chi connectivity index (χ0) is 11.8. The average Bonchev–Trinajstić information content (AvgIpc) is 2.33. The largest absolute Gasteiger partial charge is 0.385 e. The molecule has 1 aliphatic rings. The molecule has 1 aliphatic heterocycles. The van der Waals surface area contributed by atoms with Crippen LogP contribution >= 0.6 is 0 Å². The molecule has 0 aromatic carbocycles. The number of carbonyl (C=O) groups excluding carboxylic acids is 1. The van der Waals surface area contributed by atoms with E-state index in [0.29, 0.717) is 32.7 Å². The van der Waals surface area contributed by atoms with Crippen molar-refractivity contribution < 1.29 is 14.3 Å². The lowest BCUT2D eigenvalue weighted by Gasteiger charge is -2.32. The first-order chi connectivity index (χ1) is 7.77. The van der Waals surface area contributed by atoms with Gasteiger partial charge in [0.1, 0.15) is 0 Å². The molecule has 0 aliphatic carbocycles. The number of hydrogen-bond donors (Lipinski definition) is 0. The van der Waals surface area contributed by atoms with Crippen molar-refractivity contribution in [2.75, 3.05) is 33.4 Å². The molecule has 4 heteroatoms. The smallest absolute Gasteiger partial charge is 0.226 e. The fourth-order valence-corrected chi connectivity index (χ4v) is 1.72. The lowest BCUT2D eigenvalue weighted by molar-refractivity contribution is -0.138. The highest BCUT2D eigenvalue weighted by molar-refractivity contribution is 5.77. The van der Waals surface area contributed by atoms with Gasteiger partial charge in [0, 0.05) is 33.2 Å². The minimum atomic E-state index is 0.128. The van der Waals surface area contributed by atoms with E-state index in [9.17, 15) is 4.79 Å². The molecule has 0 aromatic rings. The third kappa shape index (κ3) is 4.33. The van der Waals surface area contributed by atoms with Gasteiger partial charge in [-0.1, -0.05) is 12.2 Å². The predicted octanol–water partition coefficient (Wildman–Crippen LogP) is 1.22. The van der Waals surface area contributed by atoms with E-state index in [1.54, 1.807) is 7.11 Å². The van der Waals surface area contributed by atoms with Gasteiger partial charge in [-0.05, 0) is 13.3 Å². The third-order valence-electron chi connectivity index (χ3n) is 2.66. The Hall–Kier alpha value is -0.870. The molecule has 92 valence electrons. The second kappa shape index (κ2) is 7.41. The summed E-state index contributed by atoms with van der Waals surface area (Å²) in [6, 6.07) is 0. The molecule has 1 heterocycles. The van der Waals surface area contributed by atoms with Crippen LogP contribution in [0.5, 0.6) is 0 Å². The summed E-state index contributed by atoms with van der Waals surface area (Å²) in [5, 5.41) is 0. The summed E-state index contributed by atoms with van der Waals surface area (Å²) >= 11 is 0. The van der Waals surface area contributed by atoms with Crippen molar-refractivity contribution in [3.8, 4) is 0 Å². The van der Waals surface area contributed by atoms with Crippen LogP contribution in [0, 0.1) is 0 Å². The average molecular weight is 227 g/mol. The van der Waals surface area contributed by atoms with Gasteiger partial charge in [0.05, 0.1) is 12.7 Å². The summed E-state index contributed by atoms with van der Waals surface area (Å²) in [6.07, 6.45) is 5.27. The number of rotatable bonds is 5. The van der Waals surface area contributed by atoms with Gasteiger partial charge >= 0.3 is 0 Å². The van der Waals surface area contributed by atoms with Gasteiger partial charge in [-0.25, -0.2) is 0 Å². The number of amides is 1. The summed E-state index contributed by atoms with van der Waals surface area (Å²) in [4.78, 5) is 13.6. The van der Waals surface area contributed by atoms with Crippen molar-refractivity contribution >= 4 is 5.91 Å². The van der Waals surface area contributed by atoms with E-state index in [2.05, 4.69) is 0 Å². The Balaban J connectivity index is 2.34. The third-order valence-corrected chi connectivity index (χ3v) is 2.66. The molecular formula is C12H21NO3. The molecule has 0 aromatic heterocycles. The van der Waals surface area contributed by atoms with Gasteiger partial charge in [0.2, 0.25) is 5.91 Å². The van der Waals surface area contributed by atoms with Crippen LogP contribution in [-0.4, -0.2) is 50.3 Å². The molecule has 0 N–H and O–H groups in total. The molecule has 0 saturated carbocycles. The first-order valence-corrected chi connectivity index (χ1v) is 5.77. The zero-order valence-corrected chi connectivity index (χ0v) is 10.1. The summed E-state index contributed by atoms with van der Waals surface area (Å²) in [5.74, 6) is 0.184. The van der Waals surface area contributed by atoms with Gasteiger partial charge in [0.25, 0.3) is 0 Å². The van der Waals surface area contributed by atoms with Crippen molar-refractivity contribution in [3.05, 3.63) is 12.2 Å². The number of nitrogens with zero attached hydrogens (tertiary/aromatic N) is 1. The Labute approximate surface area is 97.2 Å². The van der Waals surface area contributed by atoms with Crippen LogP contribution in [-0.2, 0) is 14.3 Å². The van der Waals surface area contributed by atoms with E-state index >= 15 is 0 Å². The second-order valence-electron chi connectivity index (χ2n) is 3.89. The highest BCUT2D eigenvalue weighted by Gasteiger charge is 2.22. The van der Waals surface area contributed by atoms with Crippen molar-refractivity contribution in [2.45, 2.75) is 25.9 Å². The fraction of sp³-hybridized carbons (Fsp3) is 0.750. The Bertz CT molecular complexity index is 240. The highest BCUT2D eigenvalue weighted by Crippen LogP contribution is 2.10. The van der Waals surface area contributed by atoms with E-state index in [-0.39, 0.29) is 12.0 Å². The van der Waals surface area contributed by atoms with Crippen LogP contribution in [0.2, 0.25) is 0 Å². The first-order valence-electron chi connectivity index (χ1n) is 5.77. The van der Waals surface area contributed by atoms with Gasteiger partial charge < -0.3 is 14.4 Å². The summed E-state index contributed by atoms with van der Waals surface area (Å²) in [5.41, 5.74) is 0. The molecule has 0 bridgehead atoms. The molecular weight excluding hydrogens is 206 g/mol. The monoisotopic (exact) mass is 227 g/mol. The molecule has 1 fully saturated rings. The molecule has 16 heavy (non-hydrogen) atoms. The zero-order valence-electron chi connectivity index (χ0n) is 10.1. The first kappa shape index (κ1) is 13.2. The molecule has 1 atom stereocenters. The minimum Gasteiger partial charge on any atom is -0.385 e. The van der Waals surface area contributed by atoms with Crippen LogP contribution in [0.25, 0.3) is 0 Å². The van der Waals surface area contributed by atoms with Crippen molar-refractivity contribution in [1.29, 1.82) is 0 Å². The number of allylic oxidation sites excluding steroid dienone is 1. The molecule has 4 nitrogen and oxygen atoms in total. The van der Waals surface area contributed by atoms with Gasteiger partial charge in [-0.3, -0.25) is 4.79 Å². The Kier molecular flexibility index (Phi) is 6.11. The van der Waals surface area contributed by atoms with E-state index in [1.165, 1.54) is 0 Å². The predicted molar refractivity (Wildman–Crippen MR) is 62.2 cm³/mol. The number of ether oxygens (including phenoxy) is 2.